The predicted molar refractivity (Wildman–Crippen MR) is 55.8 cm³/mol. The van der Waals surface area contributed by atoms with E-state index in [9.17, 15) is 0 Å². The summed E-state index contributed by atoms with van der Waals surface area (Å²) >= 11 is 0. The molecule has 0 aromatic rings. The number of rotatable bonds is 3. The first-order valence-electron chi connectivity index (χ1n) is 5.02. The van der Waals surface area contributed by atoms with Gasteiger partial charge in [0.05, 0.1) is 6.04 Å². The van der Waals surface area contributed by atoms with E-state index < -0.39 is 6.29 Å². The third-order valence-corrected chi connectivity index (χ3v) is 2.54. The molecule has 0 saturated carbocycles. The highest BCUT2D eigenvalue weighted by molar-refractivity contribution is 5.20. The Morgan fingerprint density at radius 3 is 2.44 bits per heavy atom. The van der Waals surface area contributed by atoms with Crippen molar-refractivity contribution in [3.05, 3.63) is 12.3 Å². The van der Waals surface area contributed by atoms with E-state index in [1.54, 1.807) is 0 Å². The lowest BCUT2D eigenvalue weighted by Gasteiger charge is -2.31. The summed E-state index contributed by atoms with van der Waals surface area (Å²) in [6.07, 6.45) is 0.718. The lowest BCUT2D eigenvalue weighted by atomic mass is 10.2. The van der Waals surface area contributed by atoms with Gasteiger partial charge in [-0.25, -0.2) is 0 Å². The van der Waals surface area contributed by atoms with Crippen molar-refractivity contribution in [2.45, 2.75) is 38.1 Å². The summed E-state index contributed by atoms with van der Waals surface area (Å²) in [5.74, 6) is 0. The van der Waals surface area contributed by atoms with Crippen LogP contribution < -0.4 is 5.73 Å². The second-order valence-electron chi connectivity index (χ2n) is 3.68. The molecule has 1 heterocycles. The fourth-order valence-electron chi connectivity index (χ4n) is 1.72. The SMILES string of the molecule is C=C([C@H](C)N)N1CCC[C@H]1C(O)O.O=C=O. The van der Waals surface area contributed by atoms with E-state index in [2.05, 4.69) is 6.58 Å². The summed E-state index contributed by atoms with van der Waals surface area (Å²) in [7, 11) is 0. The average Bonchev–Trinajstić information content (AvgIpc) is 2.65. The minimum absolute atomic E-state index is 0.126. The van der Waals surface area contributed by atoms with Crippen LogP contribution in [0, 0.1) is 0 Å². The van der Waals surface area contributed by atoms with Crippen molar-refractivity contribution in [2.75, 3.05) is 6.54 Å². The molecule has 1 aliphatic rings. The molecule has 0 aliphatic carbocycles. The summed E-state index contributed by atoms with van der Waals surface area (Å²) in [5.41, 5.74) is 6.46. The molecule has 16 heavy (non-hydrogen) atoms. The zero-order chi connectivity index (χ0) is 12.7. The van der Waals surface area contributed by atoms with E-state index in [1.807, 2.05) is 11.8 Å². The van der Waals surface area contributed by atoms with Crippen molar-refractivity contribution in [2.24, 2.45) is 5.73 Å². The monoisotopic (exact) mass is 230 g/mol. The summed E-state index contributed by atoms with van der Waals surface area (Å²) in [6.45, 7) is 6.52. The molecule has 0 aromatic carbocycles. The fraction of sp³-hybridized carbons (Fsp3) is 0.700. The molecule has 1 rings (SSSR count). The third-order valence-electron chi connectivity index (χ3n) is 2.54. The Balaban J connectivity index is 0.000000673. The highest BCUT2D eigenvalue weighted by Crippen LogP contribution is 2.24. The highest BCUT2D eigenvalue weighted by atomic mass is 16.5. The van der Waals surface area contributed by atoms with Gasteiger partial charge in [0.2, 0.25) is 0 Å². The number of hydrogen-bond donors (Lipinski definition) is 3. The van der Waals surface area contributed by atoms with Gasteiger partial charge in [0.15, 0.2) is 6.29 Å². The van der Waals surface area contributed by atoms with Crippen LogP contribution in [0.2, 0.25) is 0 Å². The smallest absolute Gasteiger partial charge is 0.366 e. The minimum atomic E-state index is -1.29. The van der Waals surface area contributed by atoms with E-state index in [-0.39, 0.29) is 18.2 Å². The van der Waals surface area contributed by atoms with Crippen LogP contribution in [0.25, 0.3) is 0 Å². The Morgan fingerprint density at radius 1 is 1.56 bits per heavy atom. The largest absolute Gasteiger partial charge is 0.373 e. The zero-order valence-corrected chi connectivity index (χ0v) is 9.30. The maximum atomic E-state index is 9.09. The molecule has 1 saturated heterocycles. The van der Waals surface area contributed by atoms with Crippen molar-refractivity contribution in [3.8, 4) is 0 Å². The van der Waals surface area contributed by atoms with Crippen LogP contribution in [-0.4, -0.2) is 46.2 Å². The predicted octanol–water partition coefficient (Wildman–Crippen LogP) is -0.961. The molecule has 0 spiro atoms. The van der Waals surface area contributed by atoms with Crippen molar-refractivity contribution >= 4 is 6.15 Å². The molecule has 6 nitrogen and oxygen atoms in total. The second kappa shape index (κ2) is 7.14. The average molecular weight is 230 g/mol. The van der Waals surface area contributed by atoms with E-state index in [1.165, 1.54) is 0 Å². The van der Waals surface area contributed by atoms with Gasteiger partial charge < -0.3 is 20.8 Å². The second-order valence-corrected chi connectivity index (χ2v) is 3.68. The molecule has 2 atom stereocenters. The van der Waals surface area contributed by atoms with Crippen LogP contribution in [0.3, 0.4) is 0 Å². The highest BCUT2D eigenvalue weighted by Gasteiger charge is 2.30. The molecular weight excluding hydrogens is 212 g/mol. The Kier molecular flexibility index (Phi) is 6.60. The molecule has 0 radical (unpaired) electrons. The number of carbonyl (C=O) groups excluding carboxylic acids is 2. The number of nitrogens with zero attached hydrogens (tertiary/aromatic N) is 1. The van der Waals surface area contributed by atoms with Crippen molar-refractivity contribution < 1.29 is 19.8 Å². The van der Waals surface area contributed by atoms with E-state index >= 15 is 0 Å². The number of nitrogens with two attached hydrogens (primary N) is 1. The molecule has 92 valence electrons. The van der Waals surface area contributed by atoms with Crippen LogP contribution in [0.1, 0.15) is 19.8 Å². The Hall–Kier alpha value is -1.20. The van der Waals surface area contributed by atoms with Crippen molar-refractivity contribution in [3.63, 3.8) is 0 Å². The van der Waals surface area contributed by atoms with Gasteiger partial charge in [0, 0.05) is 18.3 Å². The van der Waals surface area contributed by atoms with Gasteiger partial charge in [-0.2, -0.15) is 9.59 Å². The van der Waals surface area contributed by atoms with E-state index in [0.29, 0.717) is 0 Å². The Bertz CT molecular complexity index is 260. The van der Waals surface area contributed by atoms with Gasteiger partial charge in [-0.3, -0.25) is 0 Å². The summed E-state index contributed by atoms with van der Waals surface area (Å²) in [5, 5.41) is 18.2. The first kappa shape index (κ1) is 14.8. The standard InChI is InChI=1S/C9H18N2O2.CO2/c1-6(10)7(2)11-5-3-4-8(11)9(12)13;2-1-3/h6,8-9,12-13H,2-5,10H2,1H3;/t6-,8-;/m0./s1. The zero-order valence-electron chi connectivity index (χ0n) is 9.30. The first-order valence-corrected chi connectivity index (χ1v) is 5.02. The Morgan fingerprint density at radius 2 is 2.06 bits per heavy atom. The summed E-state index contributed by atoms with van der Waals surface area (Å²) in [6, 6.07) is -0.349. The van der Waals surface area contributed by atoms with Crippen LogP contribution in [0.4, 0.5) is 0 Å². The fourth-order valence-corrected chi connectivity index (χ4v) is 1.72. The summed E-state index contributed by atoms with van der Waals surface area (Å²) < 4.78 is 0. The van der Waals surface area contributed by atoms with Gasteiger partial charge in [-0.05, 0) is 19.8 Å². The van der Waals surface area contributed by atoms with Gasteiger partial charge in [0.25, 0.3) is 0 Å². The van der Waals surface area contributed by atoms with Crippen LogP contribution in [0.5, 0.6) is 0 Å². The lowest BCUT2D eigenvalue weighted by molar-refractivity contribution is -0.191. The molecule has 0 bridgehead atoms. The molecule has 0 amide bonds. The van der Waals surface area contributed by atoms with Gasteiger partial charge in [0.1, 0.15) is 0 Å². The number of likely N-dealkylation sites (tertiary alicyclic amines) is 1. The molecule has 1 fully saturated rings. The Labute approximate surface area is 94.3 Å². The normalized spacial score (nSPS) is 21.1. The van der Waals surface area contributed by atoms with Crippen LogP contribution >= 0.6 is 0 Å². The quantitative estimate of drug-likeness (QED) is 0.539. The number of aliphatic hydroxyl groups is 2. The molecule has 0 unspecified atom stereocenters. The molecule has 6 heteroatoms. The van der Waals surface area contributed by atoms with Crippen molar-refractivity contribution in [1.82, 2.24) is 4.90 Å². The van der Waals surface area contributed by atoms with Crippen LogP contribution in [-0.2, 0) is 9.59 Å². The van der Waals surface area contributed by atoms with Crippen molar-refractivity contribution in [1.29, 1.82) is 0 Å². The molecular formula is C10H18N2O4. The molecule has 0 aromatic heterocycles. The van der Waals surface area contributed by atoms with E-state index in [0.717, 1.165) is 25.1 Å². The van der Waals surface area contributed by atoms with Gasteiger partial charge in [-0.15, -0.1) is 0 Å². The van der Waals surface area contributed by atoms with Gasteiger partial charge in [-0.1, -0.05) is 6.58 Å². The number of hydrogen-bond acceptors (Lipinski definition) is 6. The van der Waals surface area contributed by atoms with Gasteiger partial charge >= 0.3 is 6.15 Å². The van der Waals surface area contributed by atoms with E-state index in [4.69, 9.17) is 25.5 Å². The number of aliphatic hydroxyl groups excluding tert-OH is 1. The third kappa shape index (κ3) is 4.12. The molecule has 1 aliphatic heterocycles. The minimum Gasteiger partial charge on any atom is -0.366 e. The lowest BCUT2D eigenvalue weighted by Crippen LogP contribution is -2.42. The van der Waals surface area contributed by atoms with Crippen LogP contribution in [0.15, 0.2) is 12.3 Å². The topological polar surface area (TPSA) is 104 Å². The summed E-state index contributed by atoms with van der Waals surface area (Å²) in [4.78, 5) is 18.1. The molecule has 4 N–H and O–H groups in total. The maximum Gasteiger partial charge on any atom is 0.373 e. The maximum absolute atomic E-state index is 9.09. The first-order chi connectivity index (χ1) is 7.45.